The molecule has 0 aliphatic rings. The van der Waals surface area contributed by atoms with Gasteiger partial charge in [-0.2, -0.15) is 5.10 Å². The van der Waals surface area contributed by atoms with Crippen LogP contribution in [0.1, 0.15) is 30.1 Å². The number of hydrogen-bond donors (Lipinski definition) is 1. The van der Waals surface area contributed by atoms with Gasteiger partial charge in [0.05, 0.1) is 23.6 Å². The van der Waals surface area contributed by atoms with Crippen molar-refractivity contribution in [3.05, 3.63) is 23.8 Å². The Labute approximate surface area is 105 Å². The summed E-state index contributed by atoms with van der Waals surface area (Å²) in [6.07, 6.45) is 2.08. The van der Waals surface area contributed by atoms with Gasteiger partial charge < -0.3 is 9.84 Å². The number of aryl methyl sites for hydroxylation is 1. The zero-order valence-corrected chi connectivity index (χ0v) is 10.5. The summed E-state index contributed by atoms with van der Waals surface area (Å²) in [5.74, 6) is -0.318. The van der Waals surface area contributed by atoms with E-state index in [4.69, 9.17) is 9.84 Å². The predicted molar refractivity (Wildman–Crippen MR) is 68.2 cm³/mol. The summed E-state index contributed by atoms with van der Waals surface area (Å²) in [5.41, 5.74) is 1.00. The lowest BCUT2D eigenvalue weighted by molar-refractivity contribution is 0.0697. The fraction of sp³-hybridized carbons (Fsp3) is 0.385. The third-order valence-corrected chi connectivity index (χ3v) is 2.85. The summed E-state index contributed by atoms with van der Waals surface area (Å²) >= 11 is 0. The van der Waals surface area contributed by atoms with Crippen molar-refractivity contribution in [2.75, 3.05) is 7.11 Å². The number of hydrogen-bond acceptors (Lipinski definition) is 3. The summed E-state index contributed by atoms with van der Waals surface area (Å²) in [4.78, 5) is 11.0. The van der Waals surface area contributed by atoms with E-state index in [0.717, 1.165) is 30.3 Å². The number of benzene rings is 1. The molecule has 0 radical (unpaired) electrons. The zero-order chi connectivity index (χ0) is 13.1. The van der Waals surface area contributed by atoms with E-state index in [1.165, 1.54) is 0 Å². The van der Waals surface area contributed by atoms with E-state index in [9.17, 15) is 4.79 Å². The summed E-state index contributed by atoms with van der Waals surface area (Å²) < 4.78 is 7.13. The molecule has 18 heavy (non-hydrogen) atoms. The molecule has 1 aromatic carbocycles. The average Bonchev–Trinajstić information content (AvgIpc) is 2.72. The first-order chi connectivity index (χ1) is 8.67. The van der Waals surface area contributed by atoms with Crippen LogP contribution in [-0.2, 0) is 6.54 Å². The van der Waals surface area contributed by atoms with E-state index >= 15 is 0 Å². The van der Waals surface area contributed by atoms with Crippen LogP contribution < -0.4 is 4.74 Å². The number of carboxylic acids is 1. The predicted octanol–water partition coefficient (Wildman–Crippen LogP) is 2.54. The van der Waals surface area contributed by atoms with E-state index in [0.29, 0.717) is 5.88 Å². The highest BCUT2D eigenvalue weighted by Gasteiger charge is 2.13. The number of carbonyl (C=O) groups is 1. The molecule has 0 saturated heterocycles. The highest BCUT2D eigenvalue weighted by Crippen LogP contribution is 2.26. The number of aromatic carboxylic acids is 1. The van der Waals surface area contributed by atoms with Gasteiger partial charge in [-0.3, -0.25) is 0 Å². The molecule has 0 unspecified atom stereocenters. The fourth-order valence-corrected chi connectivity index (χ4v) is 1.92. The molecular weight excluding hydrogens is 232 g/mol. The Bertz CT molecular complexity index is 575. The third kappa shape index (κ3) is 2.16. The van der Waals surface area contributed by atoms with E-state index in [1.54, 1.807) is 30.0 Å². The van der Waals surface area contributed by atoms with Crippen LogP contribution >= 0.6 is 0 Å². The number of ether oxygens (including phenoxy) is 1. The minimum Gasteiger partial charge on any atom is -0.481 e. The van der Waals surface area contributed by atoms with Crippen LogP contribution in [-0.4, -0.2) is 28.0 Å². The lowest BCUT2D eigenvalue weighted by Gasteiger charge is -2.04. The second-order valence-electron chi connectivity index (χ2n) is 4.12. The maximum atomic E-state index is 11.0. The van der Waals surface area contributed by atoms with Gasteiger partial charge in [0.1, 0.15) is 0 Å². The quantitative estimate of drug-likeness (QED) is 0.883. The van der Waals surface area contributed by atoms with Crippen LogP contribution in [0, 0.1) is 0 Å². The molecule has 0 spiro atoms. The summed E-state index contributed by atoms with van der Waals surface area (Å²) in [6, 6.07) is 4.87. The third-order valence-electron chi connectivity index (χ3n) is 2.85. The minimum atomic E-state index is -0.944. The molecule has 2 rings (SSSR count). The van der Waals surface area contributed by atoms with Crippen molar-refractivity contribution in [1.29, 1.82) is 0 Å². The van der Waals surface area contributed by atoms with Gasteiger partial charge in [-0.1, -0.05) is 13.3 Å². The molecular formula is C13H16N2O3. The number of nitrogens with zero attached hydrogens (tertiary/aromatic N) is 2. The molecule has 0 saturated carbocycles. The molecule has 1 heterocycles. The minimum absolute atomic E-state index is 0.246. The lowest BCUT2D eigenvalue weighted by Crippen LogP contribution is -2.02. The zero-order valence-electron chi connectivity index (χ0n) is 10.5. The summed E-state index contributed by atoms with van der Waals surface area (Å²) in [6.45, 7) is 2.88. The second kappa shape index (κ2) is 5.08. The van der Waals surface area contributed by atoms with E-state index in [-0.39, 0.29) is 5.56 Å². The Balaban J connectivity index is 2.51. The Hall–Kier alpha value is -2.04. The normalized spacial score (nSPS) is 10.8. The Morgan fingerprint density at radius 1 is 1.50 bits per heavy atom. The van der Waals surface area contributed by atoms with Crippen LogP contribution in [0.4, 0.5) is 0 Å². The van der Waals surface area contributed by atoms with Gasteiger partial charge in [0.25, 0.3) is 0 Å². The monoisotopic (exact) mass is 248 g/mol. The first-order valence-electron chi connectivity index (χ1n) is 5.95. The van der Waals surface area contributed by atoms with Crippen molar-refractivity contribution < 1.29 is 14.6 Å². The van der Waals surface area contributed by atoms with E-state index in [2.05, 4.69) is 12.0 Å². The topological polar surface area (TPSA) is 64.4 Å². The number of unbranched alkanes of at least 4 members (excludes halogenated alkanes) is 1. The van der Waals surface area contributed by atoms with Gasteiger partial charge in [-0.15, -0.1) is 0 Å². The Morgan fingerprint density at radius 2 is 2.28 bits per heavy atom. The first-order valence-corrected chi connectivity index (χ1v) is 5.95. The van der Waals surface area contributed by atoms with Gasteiger partial charge in [0.2, 0.25) is 5.88 Å². The summed E-state index contributed by atoms with van der Waals surface area (Å²) in [7, 11) is 1.58. The first kappa shape index (κ1) is 12.4. The van der Waals surface area contributed by atoms with Gasteiger partial charge in [-0.05, 0) is 24.6 Å². The van der Waals surface area contributed by atoms with E-state index < -0.39 is 5.97 Å². The highest BCUT2D eigenvalue weighted by atomic mass is 16.5. The molecule has 0 aliphatic heterocycles. The maximum absolute atomic E-state index is 11.0. The highest BCUT2D eigenvalue weighted by molar-refractivity contribution is 5.95. The van der Waals surface area contributed by atoms with Crippen molar-refractivity contribution in [2.45, 2.75) is 26.3 Å². The smallest absolute Gasteiger partial charge is 0.335 e. The number of carboxylic acid groups (broad SMARTS) is 1. The fourth-order valence-electron chi connectivity index (χ4n) is 1.92. The Morgan fingerprint density at radius 3 is 2.89 bits per heavy atom. The molecule has 0 fully saturated rings. The molecule has 5 nitrogen and oxygen atoms in total. The van der Waals surface area contributed by atoms with Crippen LogP contribution in [0.15, 0.2) is 18.2 Å². The number of fused-ring (bicyclic) bond motifs is 1. The van der Waals surface area contributed by atoms with Crippen LogP contribution in [0.2, 0.25) is 0 Å². The van der Waals surface area contributed by atoms with Crippen molar-refractivity contribution in [3.63, 3.8) is 0 Å². The number of aromatic nitrogens is 2. The summed E-state index contributed by atoms with van der Waals surface area (Å²) in [5, 5.41) is 14.2. The molecule has 0 amide bonds. The average molecular weight is 248 g/mol. The molecule has 2 aromatic rings. The molecule has 0 bridgehead atoms. The van der Waals surface area contributed by atoms with Crippen molar-refractivity contribution in [2.24, 2.45) is 0 Å². The van der Waals surface area contributed by atoms with Crippen LogP contribution in [0.25, 0.3) is 10.9 Å². The Kier molecular flexibility index (Phi) is 3.50. The SMILES string of the molecule is CCCCn1nc2ccc(C(=O)O)cc2c1OC. The lowest BCUT2D eigenvalue weighted by atomic mass is 10.1. The van der Waals surface area contributed by atoms with E-state index in [1.807, 2.05) is 0 Å². The van der Waals surface area contributed by atoms with Gasteiger partial charge in [-0.25, -0.2) is 9.48 Å². The molecule has 1 N–H and O–H groups in total. The van der Waals surface area contributed by atoms with Gasteiger partial charge in [0.15, 0.2) is 0 Å². The molecule has 0 atom stereocenters. The molecule has 1 aromatic heterocycles. The standard InChI is InChI=1S/C13H16N2O3/c1-3-4-7-15-12(18-2)10-8-9(13(16)17)5-6-11(10)14-15/h5-6,8H,3-4,7H2,1-2H3,(H,16,17). The number of rotatable bonds is 5. The second-order valence-corrected chi connectivity index (χ2v) is 4.12. The van der Waals surface area contributed by atoms with Crippen molar-refractivity contribution in [3.8, 4) is 5.88 Å². The molecule has 5 heteroatoms. The molecule has 96 valence electrons. The number of methoxy groups -OCH3 is 1. The maximum Gasteiger partial charge on any atom is 0.335 e. The molecule has 0 aliphatic carbocycles. The van der Waals surface area contributed by atoms with Crippen molar-refractivity contribution >= 4 is 16.9 Å². The van der Waals surface area contributed by atoms with Gasteiger partial charge in [0, 0.05) is 6.54 Å². The largest absolute Gasteiger partial charge is 0.481 e. The van der Waals surface area contributed by atoms with Crippen molar-refractivity contribution in [1.82, 2.24) is 9.78 Å². The van der Waals surface area contributed by atoms with Crippen LogP contribution in [0.3, 0.4) is 0 Å². The van der Waals surface area contributed by atoms with Gasteiger partial charge >= 0.3 is 5.97 Å². The van der Waals surface area contributed by atoms with Crippen LogP contribution in [0.5, 0.6) is 5.88 Å².